The molecule has 1 aromatic heterocycles. The van der Waals surface area contributed by atoms with Gasteiger partial charge in [0.25, 0.3) is 6.20 Å². The molecular weight excluding hydrogens is 292 g/mol. The van der Waals surface area contributed by atoms with Crippen molar-refractivity contribution < 1.29 is 19.0 Å². The monoisotopic (exact) mass is 310 g/mol. The number of hydrogen-bond donors (Lipinski definition) is 1. The second kappa shape index (κ2) is 7.84. The summed E-state index contributed by atoms with van der Waals surface area (Å²) < 4.78 is 11.4. The number of nitrogens with two attached hydrogens (primary N) is 1. The summed E-state index contributed by atoms with van der Waals surface area (Å²) in [4.78, 5) is 5.01. The Hall–Kier alpha value is -1.80. The van der Waals surface area contributed by atoms with E-state index in [4.69, 9.17) is 15.0 Å². The number of ether oxygens (including phenoxy) is 1. The Morgan fingerprint density at radius 3 is 3.14 bits per heavy atom. The fourth-order valence-electron chi connectivity index (χ4n) is 1.67. The summed E-state index contributed by atoms with van der Waals surface area (Å²) >= 11 is 1.48. The molecule has 114 valence electrons. The van der Waals surface area contributed by atoms with Crippen LogP contribution < -0.4 is 15.5 Å². The first-order valence-corrected chi connectivity index (χ1v) is 7.54. The zero-order valence-electron chi connectivity index (χ0n) is 11.8. The summed E-state index contributed by atoms with van der Waals surface area (Å²) in [5.74, 6) is 0.232. The maximum Gasteiger partial charge on any atom is 0.320 e. The van der Waals surface area contributed by atoms with Crippen LogP contribution in [-0.4, -0.2) is 30.6 Å². The third-order valence-electron chi connectivity index (χ3n) is 2.78. The molecule has 1 aliphatic rings. The quantitative estimate of drug-likeness (QED) is 0.440. The summed E-state index contributed by atoms with van der Waals surface area (Å²) in [6, 6.07) is 0. The first kappa shape index (κ1) is 15.6. The lowest BCUT2D eigenvalue weighted by atomic mass is 10.1. The summed E-state index contributed by atoms with van der Waals surface area (Å²) in [6.07, 6.45) is 7.11. The maximum atomic E-state index is 11.8. The minimum atomic E-state index is -0.251. The Balaban J connectivity index is 1.85. The molecule has 0 aliphatic heterocycles. The summed E-state index contributed by atoms with van der Waals surface area (Å²) in [5.41, 5.74) is 6.56. The predicted octanol–water partition coefficient (Wildman–Crippen LogP) is 0.252. The average molecular weight is 310 g/mol. The van der Waals surface area contributed by atoms with Crippen LogP contribution in [0, 0.1) is 0 Å². The van der Waals surface area contributed by atoms with Gasteiger partial charge in [-0.2, -0.15) is 0 Å². The molecule has 0 amide bonds. The van der Waals surface area contributed by atoms with Gasteiger partial charge in [-0.05, 0) is 34.4 Å². The first-order valence-electron chi connectivity index (χ1n) is 6.55. The maximum absolute atomic E-state index is 11.8. The molecule has 7 nitrogen and oxygen atoms in total. The van der Waals surface area contributed by atoms with Crippen LogP contribution in [0.2, 0.25) is 0 Å². The number of hydrogen-bond acceptors (Lipinski definition) is 7. The van der Waals surface area contributed by atoms with Crippen molar-refractivity contribution >= 4 is 23.5 Å². The molecular formula is C13H18N4O3S. The van der Waals surface area contributed by atoms with Gasteiger partial charge in [0, 0.05) is 18.6 Å². The van der Waals surface area contributed by atoms with Gasteiger partial charge in [0.2, 0.25) is 11.8 Å². The van der Waals surface area contributed by atoms with Crippen molar-refractivity contribution in [1.29, 1.82) is 0 Å². The molecule has 0 atom stereocenters. The van der Waals surface area contributed by atoms with Gasteiger partial charge in [-0.15, -0.1) is 11.8 Å². The fourth-order valence-corrected chi connectivity index (χ4v) is 2.46. The summed E-state index contributed by atoms with van der Waals surface area (Å²) in [5, 5.41) is 15.5. The normalized spacial score (nSPS) is 15.8. The lowest BCUT2D eigenvalue weighted by Gasteiger charge is -2.13. The molecule has 1 aliphatic carbocycles. The zero-order valence-corrected chi connectivity index (χ0v) is 12.6. The highest BCUT2D eigenvalue weighted by molar-refractivity contribution is 8.03. The molecule has 1 aromatic rings. The molecule has 2 rings (SSSR count). The molecule has 0 saturated heterocycles. The van der Waals surface area contributed by atoms with Crippen LogP contribution in [-0.2, 0) is 11.3 Å². The van der Waals surface area contributed by atoms with Crippen LogP contribution in [0.1, 0.15) is 12.8 Å². The van der Waals surface area contributed by atoms with E-state index in [1.165, 1.54) is 11.8 Å². The van der Waals surface area contributed by atoms with Crippen molar-refractivity contribution in [2.45, 2.75) is 19.4 Å². The van der Waals surface area contributed by atoms with E-state index >= 15 is 0 Å². The van der Waals surface area contributed by atoms with Crippen LogP contribution in [0.15, 0.2) is 38.5 Å². The van der Waals surface area contributed by atoms with E-state index in [2.05, 4.69) is 10.3 Å². The molecule has 2 N–H and O–H groups in total. The van der Waals surface area contributed by atoms with E-state index in [-0.39, 0.29) is 17.5 Å². The highest BCUT2D eigenvalue weighted by Gasteiger charge is 2.10. The lowest BCUT2D eigenvalue weighted by molar-refractivity contribution is -0.763. The molecule has 21 heavy (non-hydrogen) atoms. The topological polar surface area (TPSA) is 101 Å². The van der Waals surface area contributed by atoms with Crippen LogP contribution >= 0.6 is 11.8 Å². The molecule has 0 bridgehead atoms. The van der Waals surface area contributed by atoms with Crippen LogP contribution in [0.4, 0.5) is 5.88 Å². The highest BCUT2D eigenvalue weighted by Crippen LogP contribution is 2.25. The Bertz CT molecular complexity index is 566. The standard InChI is InChI=1S/C13H18N4O3S/c1-19-7-6-17-8-13(20-16-17)15-12(18)9-21-11-4-2-10(14)3-5-11/h2,4,8H,3,5-7,9,14H2,1H3. The van der Waals surface area contributed by atoms with E-state index in [0.717, 1.165) is 23.4 Å². The van der Waals surface area contributed by atoms with Crippen molar-refractivity contribution in [3.8, 4) is 0 Å². The Morgan fingerprint density at radius 1 is 1.57 bits per heavy atom. The van der Waals surface area contributed by atoms with Gasteiger partial charge in [-0.1, -0.05) is 6.08 Å². The number of aromatic nitrogens is 2. The smallest absolute Gasteiger partial charge is 0.320 e. The first-order chi connectivity index (χ1) is 10.2. The minimum absolute atomic E-state index is 0.207. The van der Waals surface area contributed by atoms with Crippen LogP contribution in [0.5, 0.6) is 0 Å². The van der Waals surface area contributed by atoms with Gasteiger partial charge in [-0.3, -0.25) is 4.52 Å². The number of rotatable bonds is 7. The van der Waals surface area contributed by atoms with Crippen molar-refractivity contribution in [3.63, 3.8) is 0 Å². The second-order valence-corrected chi connectivity index (χ2v) is 5.57. The Labute approximate surface area is 127 Å². The molecule has 1 heterocycles. The van der Waals surface area contributed by atoms with E-state index in [0.29, 0.717) is 13.2 Å². The summed E-state index contributed by atoms with van der Waals surface area (Å²) in [7, 11) is 1.61. The molecule has 0 saturated carbocycles. The van der Waals surface area contributed by atoms with Crippen molar-refractivity contribution in [2.24, 2.45) is 10.7 Å². The second-order valence-electron chi connectivity index (χ2n) is 4.46. The lowest BCUT2D eigenvalue weighted by Crippen LogP contribution is -2.36. The minimum Gasteiger partial charge on any atom is -0.861 e. The molecule has 0 radical (unpaired) electrons. The largest absolute Gasteiger partial charge is 0.861 e. The number of nitrogens with zero attached hydrogens (tertiary/aromatic N) is 3. The Kier molecular flexibility index (Phi) is 5.82. The van der Waals surface area contributed by atoms with Crippen molar-refractivity contribution in [3.05, 3.63) is 29.0 Å². The van der Waals surface area contributed by atoms with Crippen LogP contribution in [0.25, 0.3) is 0 Å². The van der Waals surface area contributed by atoms with E-state index < -0.39 is 0 Å². The van der Waals surface area contributed by atoms with Crippen molar-refractivity contribution in [2.75, 3.05) is 19.5 Å². The van der Waals surface area contributed by atoms with Gasteiger partial charge in [0.15, 0.2) is 0 Å². The van der Waals surface area contributed by atoms with Gasteiger partial charge < -0.3 is 15.6 Å². The third kappa shape index (κ3) is 5.24. The number of methoxy groups -OCH3 is 1. The van der Waals surface area contributed by atoms with E-state index in [9.17, 15) is 5.11 Å². The number of allylic oxidation sites excluding steroid dienone is 4. The van der Waals surface area contributed by atoms with Crippen molar-refractivity contribution in [1.82, 2.24) is 5.27 Å². The van der Waals surface area contributed by atoms with Gasteiger partial charge in [0.1, 0.15) is 6.61 Å². The van der Waals surface area contributed by atoms with E-state index in [1.807, 2.05) is 12.2 Å². The molecule has 0 aromatic carbocycles. The van der Waals surface area contributed by atoms with Gasteiger partial charge in [-0.25, -0.2) is 4.99 Å². The summed E-state index contributed by atoms with van der Waals surface area (Å²) in [6.45, 7) is 1.07. The highest BCUT2D eigenvalue weighted by atomic mass is 32.2. The molecule has 8 heteroatoms. The molecule has 0 fully saturated rings. The van der Waals surface area contributed by atoms with Gasteiger partial charge in [0.05, 0.1) is 0 Å². The molecule has 0 unspecified atom stereocenters. The third-order valence-corrected chi connectivity index (χ3v) is 3.88. The molecule has 0 spiro atoms. The fraction of sp³-hybridized carbons (Fsp3) is 0.462. The number of aliphatic imine (C=N–C) groups is 1. The Morgan fingerprint density at radius 2 is 2.43 bits per heavy atom. The predicted molar refractivity (Wildman–Crippen MR) is 77.7 cm³/mol. The number of thioether (sulfide) groups is 1. The average Bonchev–Trinajstić information content (AvgIpc) is 2.92. The SMILES string of the molecule is COCC[n+]1cc(/N=C(\[O-])CSC2=CC=C(N)CC2)on1. The van der Waals surface area contributed by atoms with E-state index in [1.54, 1.807) is 18.0 Å². The van der Waals surface area contributed by atoms with Gasteiger partial charge >= 0.3 is 5.88 Å². The van der Waals surface area contributed by atoms with Crippen LogP contribution in [0.3, 0.4) is 0 Å². The zero-order chi connectivity index (χ0) is 15.1.